The van der Waals surface area contributed by atoms with Crippen LogP contribution in [0, 0.1) is 0 Å². The third-order valence-electron chi connectivity index (χ3n) is 2.16. The van der Waals surface area contributed by atoms with Crippen molar-refractivity contribution in [2.24, 2.45) is 0 Å². The molecule has 0 aliphatic carbocycles. The van der Waals surface area contributed by atoms with Gasteiger partial charge in [-0.3, -0.25) is 4.79 Å². The van der Waals surface area contributed by atoms with E-state index in [1.165, 1.54) is 7.11 Å². The quantitative estimate of drug-likeness (QED) is 0.588. The fraction of sp³-hybridized carbons (Fsp3) is 0.417. The van der Waals surface area contributed by atoms with Crippen molar-refractivity contribution in [2.75, 3.05) is 13.7 Å². The van der Waals surface area contributed by atoms with Crippen molar-refractivity contribution in [3.8, 4) is 0 Å². The zero-order valence-corrected chi connectivity index (χ0v) is 10.1. The number of carbonyl (C=O) groups is 1. The molecule has 0 spiro atoms. The van der Waals surface area contributed by atoms with E-state index < -0.39 is 17.5 Å². The van der Waals surface area contributed by atoms with Gasteiger partial charge in [-0.15, -0.1) is 11.6 Å². The van der Waals surface area contributed by atoms with Crippen molar-refractivity contribution < 1.29 is 14.3 Å². The fourth-order valence-electron chi connectivity index (χ4n) is 1.41. The molecule has 0 aliphatic rings. The zero-order valence-electron chi connectivity index (χ0n) is 9.35. The highest BCUT2D eigenvalue weighted by Crippen LogP contribution is 2.25. The third-order valence-corrected chi connectivity index (χ3v) is 2.57. The number of hydrogen-bond acceptors (Lipinski definition) is 3. The molecule has 2 atom stereocenters. The summed E-state index contributed by atoms with van der Waals surface area (Å²) in [5.74, 6) is -0.458. The molecule has 0 heterocycles. The van der Waals surface area contributed by atoms with Crippen molar-refractivity contribution in [2.45, 2.75) is 18.4 Å². The summed E-state index contributed by atoms with van der Waals surface area (Å²) >= 11 is 6.01. The van der Waals surface area contributed by atoms with Crippen molar-refractivity contribution >= 4 is 17.6 Å². The van der Waals surface area contributed by atoms with Gasteiger partial charge in [0.05, 0.1) is 6.61 Å². The second-order valence-electron chi connectivity index (χ2n) is 3.22. The van der Waals surface area contributed by atoms with Crippen LogP contribution in [0.4, 0.5) is 0 Å². The van der Waals surface area contributed by atoms with Gasteiger partial charge in [0.2, 0.25) is 0 Å². The fourth-order valence-corrected chi connectivity index (χ4v) is 1.72. The predicted octanol–water partition coefficient (Wildman–Crippen LogP) is 2.54. The highest BCUT2D eigenvalue weighted by Gasteiger charge is 2.28. The molecule has 88 valence electrons. The van der Waals surface area contributed by atoms with E-state index in [1.807, 2.05) is 30.3 Å². The lowest BCUT2D eigenvalue weighted by atomic mass is 10.1. The van der Waals surface area contributed by atoms with E-state index in [2.05, 4.69) is 0 Å². The van der Waals surface area contributed by atoms with E-state index in [1.54, 1.807) is 6.92 Å². The lowest BCUT2D eigenvalue weighted by Crippen LogP contribution is -2.26. The Hall–Kier alpha value is -1.06. The van der Waals surface area contributed by atoms with E-state index in [0.717, 1.165) is 5.56 Å². The van der Waals surface area contributed by atoms with Gasteiger partial charge in [0.1, 0.15) is 6.10 Å². The van der Waals surface area contributed by atoms with Crippen LogP contribution in [0.3, 0.4) is 0 Å². The van der Waals surface area contributed by atoms with Crippen LogP contribution in [0.5, 0.6) is 0 Å². The van der Waals surface area contributed by atoms with Gasteiger partial charge in [-0.05, 0) is 12.5 Å². The number of rotatable bonds is 5. The van der Waals surface area contributed by atoms with E-state index in [0.29, 0.717) is 6.61 Å². The van der Waals surface area contributed by atoms with Gasteiger partial charge in [0.15, 0.2) is 5.38 Å². The molecule has 16 heavy (non-hydrogen) atoms. The second kappa shape index (κ2) is 6.51. The van der Waals surface area contributed by atoms with Crippen molar-refractivity contribution in [3.63, 3.8) is 0 Å². The van der Waals surface area contributed by atoms with Gasteiger partial charge >= 0.3 is 5.97 Å². The molecule has 4 heteroatoms. The first kappa shape index (κ1) is 13.0. The molecule has 0 saturated heterocycles. The summed E-state index contributed by atoms with van der Waals surface area (Å²) in [5.41, 5.74) is 0.859. The normalized spacial score (nSPS) is 14.2. The molecule has 1 aromatic rings. The number of esters is 1. The molecule has 0 aromatic heterocycles. The van der Waals surface area contributed by atoms with Gasteiger partial charge in [0.25, 0.3) is 0 Å². The molecule has 2 unspecified atom stereocenters. The molecule has 1 rings (SSSR count). The largest absolute Gasteiger partial charge is 0.465 e. The standard InChI is InChI=1S/C12H15ClO3/c1-3-16-12(14)10(13)11(15-2)9-7-5-4-6-8-9/h4-8,10-11H,3H2,1-2H3. The van der Waals surface area contributed by atoms with Crippen LogP contribution in [0.2, 0.25) is 0 Å². The van der Waals surface area contributed by atoms with Crippen LogP contribution in [-0.2, 0) is 14.3 Å². The minimum absolute atomic E-state index is 0.313. The Morgan fingerprint density at radius 2 is 2.00 bits per heavy atom. The average molecular weight is 243 g/mol. The number of alkyl halides is 1. The minimum Gasteiger partial charge on any atom is -0.465 e. The van der Waals surface area contributed by atoms with E-state index >= 15 is 0 Å². The lowest BCUT2D eigenvalue weighted by molar-refractivity contribution is -0.145. The number of carbonyl (C=O) groups excluding carboxylic acids is 1. The average Bonchev–Trinajstić information content (AvgIpc) is 2.31. The molecule has 0 radical (unpaired) electrons. The summed E-state index contributed by atoms with van der Waals surface area (Å²) in [5, 5.41) is -0.827. The van der Waals surface area contributed by atoms with Gasteiger partial charge in [-0.25, -0.2) is 0 Å². The van der Waals surface area contributed by atoms with Crippen LogP contribution in [0.15, 0.2) is 30.3 Å². The molecule has 0 fully saturated rings. The Morgan fingerprint density at radius 1 is 1.38 bits per heavy atom. The Labute approximate surface area is 100 Å². The zero-order chi connectivity index (χ0) is 12.0. The van der Waals surface area contributed by atoms with Crippen LogP contribution in [0.1, 0.15) is 18.6 Å². The third kappa shape index (κ3) is 3.22. The topological polar surface area (TPSA) is 35.5 Å². The Kier molecular flexibility index (Phi) is 5.29. The van der Waals surface area contributed by atoms with Gasteiger partial charge in [0, 0.05) is 7.11 Å². The van der Waals surface area contributed by atoms with Gasteiger partial charge in [-0.2, -0.15) is 0 Å². The molecule has 0 aliphatic heterocycles. The van der Waals surface area contributed by atoms with Crippen molar-refractivity contribution in [1.82, 2.24) is 0 Å². The summed E-state index contributed by atoms with van der Waals surface area (Å²) in [7, 11) is 1.52. The molecule has 0 bridgehead atoms. The van der Waals surface area contributed by atoms with Gasteiger partial charge < -0.3 is 9.47 Å². The number of ether oxygens (including phenoxy) is 2. The summed E-state index contributed by atoms with van der Waals surface area (Å²) < 4.78 is 10.1. The first-order valence-electron chi connectivity index (χ1n) is 5.09. The predicted molar refractivity (Wildman–Crippen MR) is 62.5 cm³/mol. The van der Waals surface area contributed by atoms with Gasteiger partial charge in [-0.1, -0.05) is 30.3 Å². The summed E-state index contributed by atoms with van der Waals surface area (Å²) in [6.45, 7) is 2.05. The van der Waals surface area contributed by atoms with Crippen molar-refractivity contribution in [3.05, 3.63) is 35.9 Å². The SMILES string of the molecule is CCOC(=O)C(Cl)C(OC)c1ccccc1. The summed E-state index contributed by atoms with van der Waals surface area (Å²) in [6.07, 6.45) is -0.484. The van der Waals surface area contributed by atoms with Crippen molar-refractivity contribution in [1.29, 1.82) is 0 Å². The maximum Gasteiger partial charge on any atom is 0.327 e. The smallest absolute Gasteiger partial charge is 0.327 e. The number of methoxy groups -OCH3 is 1. The Morgan fingerprint density at radius 3 is 2.50 bits per heavy atom. The molecular weight excluding hydrogens is 228 g/mol. The highest BCUT2D eigenvalue weighted by molar-refractivity contribution is 6.30. The molecule has 0 saturated carbocycles. The van der Waals surface area contributed by atoms with E-state index in [4.69, 9.17) is 21.1 Å². The van der Waals surface area contributed by atoms with Crippen LogP contribution >= 0.6 is 11.6 Å². The second-order valence-corrected chi connectivity index (χ2v) is 3.69. The van der Waals surface area contributed by atoms with Crippen LogP contribution < -0.4 is 0 Å². The number of hydrogen-bond donors (Lipinski definition) is 0. The van der Waals surface area contributed by atoms with E-state index in [-0.39, 0.29) is 0 Å². The first-order valence-corrected chi connectivity index (χ1v) is 5.52. The number of halogens is 1. The minimum atomic E-state index is -0.827. The van der Waals surface area contributed by atoms with Crippen LogP contribution in [0.25, 0.3) is 0 Å². The Bertz CT molecular complexity index is 326. The van der Waals surface area contributed by atoms with E-state index in [9.17, 15) is 4.79 Å². The molecule has 1 aromatic carbocycles. The summed E-state index contributed by atoms with van der Waals surface area (Å²) in [4.78, 5) is 11.5. The van der Waals surface area contributed by atoms with Crippen LogP contribution in [-0.4, -0.2) is 25.1 Å². The maximum absolute atomic E-state index is 11.5. The monoisotopic (exact) mass is 242 g/mol. The molecule has 3 nitrogen and oxygen atoms in total. The highest BCUT2D eigenvalue weighted by atomic mass is 35.5. The lowest BCUT2D eigenvalue weighted by Gasteiger charge is -2.19. The molecule has 0 N–H and O–H groups in total. The number of benzene rings is 1. The first-order chi connectivity index (χ1) is 7.70. The molecule has 0 amide bonds. The Balaban J connectivity index is 2.78. The summed E-state index contributed by atoms with van der Waals surface area (Å²) in [6, 6.07) is 9.36. The maximum atomic E-state index is 11.5. The molecular formula is C12H15ClO3.